The molecule has 0 amide bonds. The average molecular weight is 350 g/mol. The Hall–Kier alpha value is -3.21. The van der Waals surface area contributed by atoms with E-state index in [0.717, 1.165) is 22.5 Å². The number of allylic oxidation sites excluding steroid dienone is 2. The fourth-order valence-electron chi connectivity index (χ4n) is 2.73. The van der Waals surface area contributed by atoms with Crippen molar-refractivity contribution in [2.75, 3.05) is 7.11 Å². The molecule has 1 heterocycles. The number of nitrogens with one attached hydrogen (secondary N) is 1. The number of H-pyrrole nitrogens is 1. The van der Waals surface area contributed by atoms with Gasteiger partial charge < -0.3 is 9.72 Å². The third-order valence-electron chi connectivity index (χ3n) is 4.05. The van der Waals surface area contributed by atoms with E-state index in [-0.39, 0.29) is 11.8 Å². The summed E-state index contributed by atoms with van der Waals surface area (Å²) >= 11 is 0. The Bertz CT molecular complexity index is 900. The van der Waals surface area contributed by atoms with Crippen molar-refractivity contribution >= 4 is 11.5 Å². The number of carbonyl (C=O) groups excluding carboxylic acids is 1. The number of aromatic nitrogens is 2. The molecule has 0 fully saturated rings. The summed E-state index contributed by atoms with van der Waals surface area (Å²) in [6.45, 7) is 0. The van der Waals surface area contributed by atoms with Crippen LogP contribution in [0.4, 0.5) is 4.39 Å². The molecule has 0 bridgehead atoms. The van der Waals surface area contributed by atoms with Crippen molar-refractivity contribution in [3.8, 4) is 0 Å². The van der Waals surface area contributed by atoms with Gasteiger partial charge in [0.15, 0.2) is 0 Å². The van der Waals surface area contributed by atoms with Crippen LogP contribution in [0.1, 0.15) is 27.3 Å². The molecule has 0 saturated carbocycles. The van der Waals surface area contributed by atoms with Crippen molar-refractivity contribution in [2.24, 2.45) is 0 Å². The quantitative estimate of drug-likeness (QED) is 0.678. The molecule has 5 heteroatoms. The number of ether oxygens (including phenoxy) is 1. The number of carbonyl (C=O) groups is 1. The number of nitrogens with zero attached hydrogens (tertiary/aromatic N) is 1. The minimum Gasteiger partial charge on any atom is -0.465 e. The zero-order valence-electron chi connectivity index (χ0n) is 14.4. The first-order valence-electron chi connectivity index (χ1n) is 8.26. The van der Waals surface area contributed by atoms with E-state index in [1.807, 2.05) is 18.2 Å². The Kier molecular flexibility index (Phi) is 5.59. The zero-order chi connectivity index (χ0) is 18.4. The lowest BCUT2D eigenvalue weighted by atomic mass is 9.96. The number of rotatable bonds is 6. The number of methoxy groups -OCH3 is 1. The average Bonchev–Trinajstić information content (AvgIpc) is 3.19. The Morgan fingerprint density at radius 3 is 2.69 bits per heavy atom. The maximum Gasteiger partial charge on any atom is 0.337 e. The second-order valence-electron chi connectivity index (χ2n) is 5.84. The van der Waals surface area contributed by atoms with E-state index in [0.29, 0.717) is 18.4 Å². The predicted octanol–water partition coefficient (Wildman–Crippen LogP) is 4.20. The molecule has 132 valence electrons. The minimum absolute atomic E-state index is 0.271. The number of halogens is 1. The maximum atomic E-state index is 13.3. The van der Waals surface area contributed by atoms with Gasteiger partial charge in [0.1, 0.15) is 11.6 Å². The van der Waals surface area contributed by atoms with Crippen molar-refractivity contribution in [1.29, 1.82) is 0 Å². The van der Waals surface area contributed by atoms with Gasteiger partial charge in [-0.25, -0.2) is 14.2 Å². The summed E-state index contributed by atoms with van der Waals surface area (Å²) in [5.74, 6) is 0.217. The van der Waals surface area contributed by atoms with Crippen molar-refractivity contribution in [2.45, 2.75) is 12.8 Å². The second-order valence-corrected chi connectivity index (χ2v) is 5.84. The number of benzene rings is 2. The van der Waals surface area contributed by atoms with Crippen LogP contribution >= 0.6 is 0 Å². The second kappa shape index (κ2) is 8.25. The standard InChI is InChI=1S/C21H19FN2O2/c1-26-21(25)18-4-2-3-15(14-18)13-17(7-10-20-23-11-12-24-20)16-5-8-19(22)9-6-16/h2-9,11-12,14H,10,13H2,1H3,(H,23,24). The smallest absolute Gasteiger partial charge is 0.337 e. The molecule has 0 spiro atoms. The molecule has 1 N–H and O–H groups in total. The molecule has 0 radical (unpaired) electrons. The SMILES string of the molecule is COC(=O)c1cccc(CC(=CCc2ncc[nH]2)c2ccc(F)cc2)c1. The highest BCUT2D eigenvalue weighted by molar-refractivity contribution is 5.89. The molecule has 2 aromatic carbocycles. The first-order chi connectivity index (χ1) is 12.7. The molecule has 26 heavy (non-hydrogen) atoms. The molecular formula is C21H19FN2O2. The summed E-state index contributed by atoms with van der Waals surface area (Å²) in [6.07, 6.45) is 6.80. The summed E-state index contributed by atoms with van der Waals surface area (Å²) in [5.41, 5.74) is 3.45. The van der Waals surface area contributed by atoms with E-state index in [9.17, 15) is 9.18 Å². The predicted molar refractivity (Wildman–Crippen MR) is 98.2 cm³/mol. The van der Waals surface area contributed by atoms with E-state index in [1.54, 1.807) is 30.6 Å². The molecule has 0 aliphatic rings. The van der Waals surface area contributed by atoms with Crippen LogP contribution in [0.15, 0.2) is 67.0 Å². The lowest BCUT2D eigenvalue weighted by Crippen LogP contribution is -2.02. The van der Waals surface area contributed by atoms with Gasteiger partial charge >= 0.3 is 5.97 Å². The monoisotopic (exact) mass is 350 g/mol. The van der Waals surface area contributed by atoms with Gasteiger partial charge in [-0.2, -0.15) is 0 Å². The molecule has 3 aromatic rings. The van der Waals surface area contributed by atoms with Crippen LogP contribution in [0.5, 0.6) is 0 Å². The highest BCUT2D eigenvalue weighted by Gasteiger charge is 2.09. The molecule has 0 saturated heterocycles. The van der Waals surface area contributed by atoms with E-state index in [4.69, 9.17) is 4.74 Å². The lowest BCUT2D eigenvalue weighted by molar-refractivity contribution is 0.0600. The van der Waals surface area contributed by atoms with Gasteiger partial charge in [-0.1, -0.05) is 30.3 Å². The molecular weight excluding hydrogens is 331 g/mol. The fourth-order valence-corrected chi connectivity index (χ4v) is 2.73. The van der Waals surface area contributed by atoms with Crippen molar-refractivity contribution in [3.63, 3.8) is 0 Å². The third-order valence-corrected chi connectivity index (χ3v) is 4.05. The molecule has 0 unspecified atom stereocenters. The molecule has 1 aromatic heterocycles. The summed E-state index contributed by atoms with van der Waals surface area (Å²) in [6, 6.07) is 13.7. The van der Waals surface area contributed by atoms with Gasteiger partial charge in [0.05, 0.1) is 12.7 Å². The van der Waals surface area contributed by atoms with Gasteiger partial charge in [0, 0.05) is 18.8 Å². The van der Waals surface area contributed by atoms with E-state index >= 15 is 0 Å². The normalized spacial score (nSPS) is 11.4. The van der Waals surface area contributed by atoms with Gasteiger partial charge in [0.2, 0.25) is 0 Å². The summed E-state index contributed by atoms with van der Waals surface area (Å²) in [7, 11) is 1.36. The van der Waals surface area contributed by atoms with Crippen LogP contribution in [0.25, 0.3) is 5.57 Å². The molecule has 0 aliphatic carbocycles. The highest BCUT2D eigenvalue weighted by atomic mass is 19.1. The topological polar surface area (TPSA) is 55.0 Å². The Morgan fingerprint density at radius 2 is 2.00 bits per heavy atom. The fraction of sp³-hybridized carbons (Fsp3) is 0.143. The Morgan fingerprint density at radius 1 is 1.19 bits per heavy atom. The van der Waals surface area contributed by atoms with Crippen LogP contribution in [0, 0.1) is 5.82 Å². The van der Waals surface area contributed by atoms with Crippen molar-refractivity contribution < 1.29 is 13.9 Å². The van der Waals surface area contributed by atoms with Gasteiger partial charge in [-0.05, 0) is 47.4 Å². The third kappa shape index (κ3) is 4.45. The number of aromatic amines is 1. The number of hydrogen-bond donors (Lipinski definition) is 1. The Labute approximate surface area is 151 Å². The zero-order valence-corrected chi connectivity index (χ0v) is 14.4. The molecule has 4 nitrogen and oxygen atoms in total. The van der Waals surface area contributed by atoms with Crippen LogP contribution in [-0.2, 0) is 17.6 Å². The summed E-state index contributed by atoms with van der Waals surface area (Å²) in [5, 5.41) is 0. The number of hydrogen-bond acceptors (Lipinski definition) is 3. The van der Waals surface area contributed by atoms with Crippen LogP contribution in [0.3, 0.4) is 0 Å². The van der Waals surface area contributed by atoms with Crippen LogP contribution in [-0.4, -0.2) is 23.0 Å². The minimum atomic E-state index is -0.366. The van der Waals surface area contributed by atoms with E-state index in [1.165, 1.54) is 19.2 Å². The van der Waals surface area contributed by atoms with Crippen LogP contribution < -0.4 is 0 Å². The number of imidazole rings is 1. The number of esters is 1. The molecule has 3 rings (SSSR count). The largest absolute Gasteiger partial charge is 0.465 e. The maximum absolute atomic E-state index is 13.3. The first kappa shape index (κ1) is 17.6. The van der Waals surface area contributed by atoms with Crippen molar-refractivity contribution in [3.05, 3.63) is 95.3 Å². The Balaban J connectivity index is 1.89. The van der Waals surface area contributed by atoms with Crippen LogP contribution in [0.2, 0.25) is 0 Å². The lowest BCUT2D eigenvalue weighted by Gasteiger charge is -2.10. The molecule has 0 atom stereocenters. The van der Waals surface area contributed by atoms with Gasteiger partial charge in [-0.15, -0.1) is 0 Å². The van der Waals surface area contributed by atoms with Gasteiger partial charge in [0.25, 0.3) is 0 Å². The van der Waals surface area contributed by atoms with E-state index in [2.05, 4.69) is 16.0 Å². The van der Waals surface area contributed by atoms with E-state index < -0.39 is 0 Å². The summed E-state index contributed by atoms with van der Waals surface area (Å²) in [4.78, 5) is 19.1. The highest BCUT2D eigenvalue weighted by Crippen LogP contribution is 2.22. The molecule has 0 aliphatic heterocycles. The van der Waals surface area contributed by atoms with Crippen molar-refractivity contribution in [1.82, 2.24) is 9.97 Å². The van der Waals surface area contributed by atoms with Gasteiger partial charge in [-0.3, -0.25) is 0 Å². The first-order valence-corrected chi connectivity index (χ1v) is 8.26. The summed E-state index contributed by atoms with van der Waals surface area (Å²) < 4.78 is 18.1.